The van der Waals surface area contributed by atoms with E-state index in [1.54, 1.807) is 12.1 Å². The minimum absolute atomic E-state index is 0.0316. The highest BCUT2D eigenvalue weighted by molar-refractivity contribution is 9.10. The first-order chi connectivity index (χ1) is 16.3. The van der Waals surface area contributed by atoms with Gasteiger partial charge in [0.05, 0.1) is 22.1 Å². The van der Waals surface area contributed by atoms with Crippen LogP contribution < -0.4 is 0 Å². The molecule has 2 aliphatic carbocycles. The van der Waals surface area contributed by atoms with E-state index in [9.17, 15) is 18.5 Å². The fourth-order valence-electron chi connectivity index (χ4n) is 5.39. The van der Waals surface area contributed by atoms with Crippen LogP contribution >= 0.6 is 15.9 Å². The van der Waals surface area contributed by atoms with E-state index in [1.165, 1.54) is 0 Å². The van der Waals surface area contributed by atoms with Gasteiger partial charge in [-0.15, -0.1) is 0 Å². The van der Waals surface area contributed by atoms with Gasteiger partial charge < -0.3 is 4.90 Å². The number of carbonyl (C=O) groups is 1. The molecule has 2 fully saturated rings. The van der Waals surface area contributed by atoms with Crippen LogP contribution in [0.3, 0.4) is 0 Å². The van der Waals surface area contributed by atoms with Gasteiger partial charge in [0, 0.05) is 23.0 Å². The van der Waals surface area contributed by atoms with Crippen molar-refractivity contribution in [2.75, 3.05) is 0 Å². The molecular formula is C27H31BrN2O3S. The van der Waals surface area contributed by atoms with Crippen molar-refractivity contribution < 1.29 is 13.2 Å². The quantitative estimate of drug-likeness (QED) is 0.461. The first-order valence-corrected chi connectivity index (χ1v) is 14.4. The summed E-state index contributed by atoms with van der Waals surface area (Å²) in [5, 5.41) is 8.62. The SMILES string of the molecule is Cc1ccc(S(=O)(=O)[C@@H]2CCC[C@H]2C(=O)N(Cc2ccc(Br)cc2)C2CCC(C#N)CC2)cc1. The lowest BCUT2D eigenvalue weighted by atomic mass is 9.85. The van der Waals surface area contributed by atoms with Crippen molar-refractivity contribution in [3.63, 3.8) is 0 Å². The molecule has 180 valence electrons. The lowest BCUT2D eigenvalue weighted by Gasteiger charge is -2.38. The van der Waals surface area contributed by atoms with E-state index >= 15 is 0 Å². The molecule has 0 N–H and O–H groups in total. The number of sulfone groups is 1. The first-order valence-electron chi connectivity index (χ1n) is 12.0. The van der Waals surface area contributed by atoms with Crippen LogP contribution in [-0.4, -0.2) is 30.5 Å². The highest BCUT2D eigenvalue weighted by Crippen LogP contribution is 2.38. The fraction of sp³-hybridized carbons (Fsp3) is 0.481. The number of amides is 1. The number of halogens is 1. The van der Waals surface area contributed by atoms with Gasteiger partial charge in [0.25, 0.3) is 0 Å². The molecule has 7 heteroatoms. The van der Waals surface area contributed by atoms with E-state index in [-0.39, 0.29) is 17.9 Å². The van der Waals surface area contributed by atoms with Crippen LogP contribution in [0.25, 0.3) is 0 Å². The summed E-state index contributed by atoms with van der Waals surface area (Å²) in [6, 6.07) is 17.3. The van der Waals surface area contributed by atoms with Gasteiger partial charge in [-0.1, -0.05) is 52.2 Å². The molecule has 0 heterocycles. The number of hydrogen-bond donors (Lipinski definition) is 0. The van der Waals surface area contributed by atoms with Crippen molar-refractivity contribution >= 4 is 31.7 Å². The Morgan fingerprint density at radius 2 is 1.65 bits per heavy atom. The molecule has 0 aliphatic heterocycles. The van der Waals surface area contributed by atoms with E-state index in [1.807, 2.05) is 48.2 Å². The summed E-state index contributed by atoms with van der Waals surface area (Å²) in [4.78, 5) is 16.2. The summed E-state index contributed by atoms with van der Waals surface area (Å²) in [7, 11) is -3.60. The molecule has 2 aliphatic rings. The Kier molecular flexibility index (Phi) is 7.79. The third kappa shape index (κ3) is 5.39. The van der Waals surface area contributed by atoms with E-state index in [2.05, 4.69) is 22.0 Å². The number of benzene rings is 2. The Morgan fingerprint density at radius 3 is 2.26 bits per heavy atom. The zero-order chi connectivity index (χ0) is 24.3. The van der Waals surface area contributed by atoms with E-state index in [4.69, 9.17) is 0 Å². The van der Waals surface area contributed by atoms with Crippen LogP contribution in [0.5, 0.6) is 0 Å². The molecule has 0 bridgehead atoms. The van der Waals surface area contributed by atoms with Crippen LogP contribution in [0, 0.1) is 30.1 Å². The Hall–Kier alpha value is -2.17. The van der Waals surface area contributed by atoms with Gasteiger partial charge in [0.2, 0.25) is 5.91 Å². The zero-order valence-corrected chi connectivity index (χ0v) is 21.9. The highest BCUT2D eigenvalue weighted by Gasteiger charge is 2.45. The van der Waals surface area contributed by atoms with E-state index in [0.29, 0.717) is 24.3 Å². The average Bonchev–Trinajstić information content (AvgIpc) is 3.35. The molecule has 0 saturated heterocycles. The van der Waals surface area contributed by atoms with Gasteiger partial charge in [-0.25, -0.2) is 8.42 Å². The van der Waals surface area contributed by atoms with Crippen LogP contribution in [-0.2, 0) is 21.2 Å². The molecule has 1 amide bonds. The molecule has 2 aromatic rings. The lowest BCUT2D eigenvalue weighted by molar-refractivity contribution is -0.139. The number of nitrogens with zero attached hydrogens (tertiary/aromatic N) is 2. The lowest BCUT2D eigenvalue weighted by Crippen LogP contribution is -2.47. The normalized spacial score (nSPS) is 25.0. The van der Waals surface area contributed by atoms with Crippen molar-refractivity contribution in [3.05, 3.63) is 64.1 Å². The van der Waals surface area contributed by atoms with Crippen LogP contribution in [0.2, 0.25) is 0 Å². The maximum atomic E-state index is 14.0. The number of nitriles is 1. The Labute approximate surface area is 211 Å². The molecular weight excluding hydrogens is 512 g/mol. The molecule has 0 radical (unpaired) electrons. The molecule has 34 heavy (non-hydrogen) atoms. The maximum absolute atomic E-state index is 14.0. The smallest absolute Gasteiger partial charge is 0.227 e. The zero-order valence-electron chi connectivity index (χ0n) is 19.5. The predicted octanol–water partition coefficient (Wildman–Crippen LogP) is 5.81. The molecule has 2 atom stereocenters. The van der Waals surface area contributed by atoms with E-state index < -0.39 is 21.0 Å². The molecule has 0 unspecified atom stereocenters. The second-order valence-electron chi connectivity index (χ2n) is 9.66. The minimum atomic E-state index is -3.60. The predicted molar refractivity (Wildman–Crippen MR) is 136 cm³/mol. The standard InChI is InChI=1S/C27H31BrN2O3S/c1-19-5-15-24(16-6-19)34(32,33)26-4-2-3-25(26)27(31)30(18-21-7-11-22(28)12-8-21)23-13-9-20(17-29)10-14-23/h5-8,11-12,15-16,20,23,25-26H,2-4,9-10,13-14,18H2,1H3/t20?,23?,25-,26-/m1/s1. The van der Waals surface area contributed by atoms with Gasteiger partial charge in [0.1, 0.15) is 0 Å². The summed E-state index contributed by atoms with van der Waals surface area (Å²) in [6.45, 7) is 2.39. The summed E-state index contributed by atoms with van der Waals surface area (Å²) >= 11 is 3.46. The summed E-state index contributed by atoms with van der Waals surface area (Å²) in [5.74, 6) is -0.543. The largest absolute Gasteiger partial charge is 0.335 e. The third-order valence-corrected chi connectivity index (χ3v) is 10.2. The van der Waals surface area contributed by atoms with Gasteiger partial charge >= 0.3 is 0 Å². The Bertz CT molecular complexity index is 1150. The van der Waals surface area contributed by atoms with Crippen molar-refractivity contribution in [2.45, 2.75) is 74.6 Å². The van der Waals surface area contributed by atoms with Gasteiger partial charge in [-0.05, 0) is 75.3 Å². The number of hydrogen-bond acceptors (Lipinski definition) is 4. The van der Waals surface area contributed by atoms with Gasteiger partial charge in [-0.2, -0.15) is 5.26 Å². The topological polar surface area (TPSA) is 78.2 Å². The molecule has 0 aromatic heterocycles. The van der Waals surface area contributed by atoms with Gasteiger partial charge in [-0.3, -0.25) is 4.79 Å². The van der Waals surface area contributed by atoms with Crippen LogP contribution in [0.4, 0.5) is 0 Å². The van der Waals surface area contributed by atoms with E-state index in [0.717, 1.165) is 47.7 Å². The molecule has 0 spiro atoms. The third-order valence-electron chi connectivity index (χ3n) is 7.39. The number of aryl methyl sites for hydroxylation is 1. The maximum Gasteiger partial charge on any atom is 0.227 e. The number of rotatable bonds is 6. The highest BCUT2D eigenvalue weighted by atomic mass is 79.9. The fourth-order valence-corrected chi connectivity index (χ4v) is 7.68. The first kappa shape index (κ1) is 24.9. The minimum Gasteiger partial charge on any atom is -0.335 e. The van der Waals surface area contributed by atoms with Crippen molar-refractivity contribution in [1.29, 1.82) is 5.26 Å². The summed E-state index contributed by atoms with van der Waals surface area (Å²) < 4.78 is 28.0. The van der Waals surface area contributed by atoms with Crippen LogP contribution in [0.15, 0.2) is 57.9 Å². The van der Waals surface area contributed by atoms with Crippen molar-refractivity contribution in [3.8, 4) is 6.07 Å². The van der Waals surface area contributed by atoms with Crippen molar-refractivity contribution in [2.24, 2.45) is 11.8 Å². The second kappa shape index (κ2) is 10.6. The summed E-state index contributed by atoms with van der Waals surface area (Å²) in [6.07, 6.45) is 4.96. The Balaban J connectivity index is 1.61. The second-order valence-corrected chi connectivity index (χ2v) is 12.7. The Morgan fingerprint density at radius 1 is 1.00 bits per heavy atom. The summed E-state index contributed by atoms with van der Waals surface area (Å²) in [5.41, 5.74) is 2.03. The molecule has 4 rings (SSSR count). The molecule has 2 saturated carbocycles. The monoisotopic (exact) mass is 542 g/mol. The van der Waals surface area contributed by atoms with Gasteiger partial charge in [0.15, 0.2) is 9.84 Å². The van der Waals surface area contributed by atoms with Crippen molar-refractivity contribution in [1.82, 2.24) is 4.90 Å². The average molecular weight is 544 g/mol. The number of carbonyl (C=O) groups excluding carboxylic acids is 1. The van der Waals surface area contributed by atoms with Crippen LogP contribution in [0.1, 0.15) is 56.1 Å². The molecule has 5 nitrogen and oxygen atoms in total. The molecule has 2 aromatic carbocycles.